The summed E-state index contributed by atoms with van der Waals surface area (Å²) in [6.07, 6.45) is 1.97. The van der Waals surface area contributed by atoms with Gasteiger partial charge >= 0.3 is 5.97 Å². The van der Waals surface area contributed by atoms with Crippen LogP contribution >= 0.6 is 11.6 Å². The van der Waals surface area contributed by atoms with E-state index in [-0.39, 0.29) is 6.04 Å². The minimum absolute atomic E-state index is 0.259. The minimum atomic E-state index is -0.913. The Balaban J connectivity index is 1.58. The molecule has 1 heterocycles. The van der Waals surface area contributed by atoms with Crippen LogP contribution in [-0.4, -0.2) is 21.7 Å². The normalized spacial score (nSPS) is 12.2. The Morgan fingerprint density at radius 1 is 0.969 bits per heavy atom. The van der Waals surface area contributed by atoms with Crippen molar-refractivity contribution in [3.63, 3.8) is 0 Å². The Morgan fingerprint density at radius 2 is 1.66 bits per heavy atom. The van der Waals surface area contributed by atoms with E-state index in [4.69, 9.17) is 11.6 Å². The van der Waals surface area contributed by atoms with Crippen LogP contribution in [0.5, 0.6) is 0 Å². The van der Waals surface area contributed by atoms with Gasteiger partial charge in [0.15, 0.2) is 0 Å². The summed E-state index contributed by atoms with van der Waals surface area (Å²) in [6, 6.07) is 26.1. The molecule has 4 rings (SSSR count). The smallest absolute Gasteiger partial charge is 0.352 e. The standard InChI is InChI=1S/C27H27ClN2O2/c1-19(11-12-20-7-3-2-4-8-20)29-17-24-23-9-5-6-10-25(23)30(26(24)27(31)32)18-21-13-15-22(28)16-14-21/h2-10,13-16,19,29H,11-12,17-18H2,1H3,(H,31,32)/t19-/m1/s1. The van der Waals surface area contributed by atoms with Crippen molar-refractivity contribution < 1.29 is 9.90 Å². The van der Waals surface area contributed by atoms with E-state index in [0.717, 1.165) is 34.9 Å². The highest BCUT2D eigenvalue weighted by Gasteiger charge is 2.22. The molecular weight excluding hydrogens is 420 g/mol. The summed E-state index contributed by atoms with van der Waals surface area (Å²) < 4.78 is 1.90. The van der Waals surface area contributed by atoms with Crippen LogP contribution in [0.2, 0.25) is 5.02 Å². The van der Waals surface area contributed by atoms with E-state index >= 15 is 0 Å². The fourth-order valence-electron chi connectivity index (χ4n) is 4.14. The van der Waals surface area contributed by atoms with Crippen LogP contribution in [0.15, 0.2) is 78.9 Å². The predicted octanol–water partition coefficient (Wildman–Crippen LogP) is 6.15. The molecule has 5 heteroatoms. The van der Waals surface area contributed by atoms with Crippen LogP contribution in [0, 0.1) is 0 Å². The van der Waals surface area contributed by atoms with Crippen molar-refractivity contribution in [3.05, 3.63) is 106 Å². The van der Waals surface area contributed by atoms with E-state index in [0.29, 0.717) is 23.8 Å². The van der Waals surface area contributed by atoms with E-state index in [2.05, 4.69) is 36.5 Å². The number of hydrogen-bond donors (Lipinski definition) is 2. The molecule has 0 bridgehead atoms. The van der Waals surface area contributed by atoms with E-state index in [1.54, 1.807) is 0 Å². The van der Waals surface area contributed by atoms with Crippen molar-refractivity contribution in [2.45, 2.75) is 38.9 Å². The summed E-state index contributed by atoms with van der Waals surface area (Å²) in [7, 11) is 0. The Kier molecular flexibility index (Phi) is 6.93. The highest BCUT2D eigenvalue weighted by molar-refractivity contribution is 6.30. The molecule has 1 aromatic heterocycles. The number of halogens is 1. The number of nitrogens with one attached hydrogen (secondary N) is 1. The van der Waals surface area contributed by atoms with Gasteiger partial charge < -0.3 is 15.0 Å². The number of aromatic carboxylic acids is 1. The molecule has 0 aliphatic rings. The number of aromatic nitrogens is 1. The van der Waals surface area contributed by atoms with E-state index < -0.39 is 5.97 Å². The van der Waals surface area contributed by atoms with Gasteiger partial charge in [0, 0.05) is 40.6 Å². The molecule has 1 atom stereocenters. The third-order valence-electron chi connectivity index (χ3n) is 5.87. The summed E-state index contributed by atoms with van der Waals surface area (Å²) in [5.74, 6) is -0.913. The van der Waals surface area contributed by atoms with Crippen molar-refractivity contribution in [1.29, 1.82) is 0 Å². The molecule has 0 aliphatic carbocycles. The molecule has 0 saturated heterocycles. The number of nitrogens with zero attached hydrogens (tertiary/aromatic N) is 1. The van der Waals surface area contributed by atoms with Crippen molar-refractivity contribution in [2.75, 3.05) is 0 Å². The zero-order chi connectivity index (χ0) is 22.5. The maximum Gasteiger partial charge on any atom is 0.352 e. The molecular formula is C27H27ClN2O2. The van der Waals surface area contributed by atoms with E-state index in [1.807, 2.05) is 59.2 Å². The monoisotopic (exact) mass is 446 g/mol. The average molecular weight is 447 g/mol. The molecule has 0 spiro atoms. The number of carboxylic acid groups (broad SMARTS) is 1. The average Bonchev–Trinajstić information content (AvgIpc) is 3.12. The molecule has 0 amide bonds. The van der Waals surface area contributed by atoms with Crippen molar-refractivity contribution in [2.24, 2.45) is 0 Å². The first-order valence-electron chi connectivity index (χ1n) is 10.9. The van der Waals surface area contributed by atoms with Gasteiger partial charge in [-0.05, 0) is 49.1 Å². The number of hydrogen-bond acceptors (Lipinski definition) is 2. The molecule has 4 aromatic rings. The lowest BCUT2D eigenvalue weighted by Crippen LogP contribution is -2.27. The van der Waals surface area contributed by atoms with Gasteiger partial charge in [-0.15, -0.1) is 0 Å². The lowest BCUT2D eigenvalue weighted by Gasteiger charge is -2.15. The number of benzene rings is 3. The maximum atomic E-state index is 12.3. The molecule has 0 fully saturated rings. The highest BCUT2D eigenvalue weighted by Crippen LogP contribution is 2.28. The molecule has 164 valence electrons. The quantitative estimate of drug-likeness (QED) is 0.324. The summed E-state index contributed by atoms with van der Waals surface area (Å²) in [5.41, 5.74) is 4.41. The van der Waals surface area contributed by atoms with Gasteiger partial charge in [-0.1, -0.05) is 72.3 Å². The Hall–Kier alpha value is -3.08. The third kappa shape index (κ3) is 5.04. The van der Waals surface area contributed by atoms with Crippen LogP contribution in [-0.2, 0) is 19.5 Å². The SMILES string of the molecule is C[C@H](CCc1ccccc1)NCc1c(C(=O)O)n(Cc2ccc(Cl)cc2)c2ccccc12. The second-order valence-corrected chi connectivity index (χ2v) is 8.60. The second kappa shape index (κ2) is 10.0. The van der Waals surface area contributed by atoms with Gasteiger partial charge in [-0.3, -0.25) is 0 Å². The maximum absolute atomic E-state index is 12.3. The molecule has 32 heavy (non-hydrogen) atoms. The predicted molar refractivity (Wildman–Crippen MR) is 131 cm³/mol. The lowest BCUT2D eigenvalue weighted by molar-refractivity contribution is 0.0684. The van der Waals surface area contributed by atoms with Gasteiger partial charge in [0.2, 0.25) is 0 Å². The fourth-order valence-corrected chi connectivity index (χ4v) is 4.27. The first-order valence-corrected chi connectivity index (χ1v) is 11.3. The summed E-state index contributed by atoms with van der Waals surface area (Å²) in [4.78, 5) is 12.3. The number of carbonyl (C=O) groups is 1. The number of carboxylic acids is 1. The molecule has 0 unspecified atom stereocenters. The van der Waals surface area contributed by atoms with Crippen LogP contribution in [0.4, 0.5) is 0 Å². The summed E-state index contributed by atoms with van der Waals surface area (Å²) >= 11 is 6.02. The highest BCUT2D eigenvalue weighted by atomic mass is 35.5. The van der Waals surface area contributed by atoms with Crippen molar-refractivity contribution in [1.82, 2.24) is 9.88 Å². The van der Waals surface area contributed by atoms with Crippen molar-refractivity contribution in [3.8, 4) is 0 Å². The van der Waals surface area contributed by atoms with E-state index in [9.17, 15) is 9.90 Å². The van der Waals surface area contributed by atoms with Crippen LogP contribution < -0.4 is 5.32 Å². The van der Waals surface area contributed by atoms with Gasteiger partial charge in [-0.2, -0.15) is 0 Å². The summed E-state index contributed by atoms with van der Waals surface area (Å²) in [6.45, 7) is 3.13. The lowest BCUT2D eigenvalue weighted by atomic mass is 10.1. The molecule has 0 saturated carbocycles. The topological polar surface area (TPSA) is 54.3 Å². The minimum Gasteiger partial charge on any atom is -0.477 e. The fraction of sp³-hybridized carbons (Fsp3) is 0.222. The molecule has 2 N–H and O–H groups in total. The van der Waals surface area contributed by atoms with Gasteiger partial charge in [0.05, 0.1) is 0 Å². The number of fused-ring (bicyclic) bond motifs is 1. The first-order chi connectivity index (χ1) is 15.5. The van der Waals surface area contributed by atoms with Gasteiger partial charge in [-0.25, -0.2) is 4.79 Å². The Labute approximate surface area is 193 Å². The zero-order valence-corrected chi connectivity index (χ0v) is 18.8. The number of para-hydroxylation sites is 1. The summed E-state index contributed by atoms with van der Waals surface area (Å²) in [5, 5.41) is 15.3. The van der Waals surface area contributed by atoms with Crippen LogP contribution in [0.1, 0.15) is 40.5 Å². The largest absolute Gasteiger partial charge is 0.477 e. The number of aryl methyl sites for hydroxylation is 1. The first kappa shape index (κ1) is 22.1. The van der Waals surface area contributed by atoms with Gasteiger partial charge in [0.25, 0.3) is 0 Å². The number of rotatable bonds is 9. The molecule has 0 aliphatic heterocycles. The van der Waals surface area contributed by atoms with Crippen LogP contribution in [0.25, 0.3) is 10.9 Å². The van der Waals surface area contributed by atoms with Crippen LogP contribution in [0.3, 0.4) is 0 Å². The molecule has 3 aromatic carbocycles. The zero-order valence-electron chi connectivity index (χ0n) is 18.1. The Bertz CT molecular complexity index is 1200. The molecule has 0 radical (unpaired) electrons. The second-order valence-electron chi connectivity index (χ2n) is 8.17. The van der Waals surface area contributed by atoms with Gasteiger partial charge in [0.1, 0.15) is 5.69 Å². The van der Waals surface area contributed by atoms with Crippen molar-refractivity contribution >= 4 is 28.5 Å². The van der Waals surface area contributed by atoms with E-state index in [1.165, 1.54) is 5.56 Å². The Morgan fingerprint density at radius 3 is 2.38 bits per heavy atom. The third-order valence-corrected chi connectivity index (χ3v) is 6.12. The molecule has 4 nitrogen and oxygen atoms in total.